The van der Waals surface area contributed by atoms with E-state index in [1.165, 1.54) is 29.1 Å². The van der Waals surface area contributed by atoms with E-state index in [-0.39, 0.29) is 17.3 Å². The Morgan fingerprint density at radius 3 is 2.89 bits per heavy atom. The standard InChI is InChI=1S/C10H11N5O3S/c1-6-8(15(17)18)5-14(13-6)7(2)9(16)12-10-11-3-4-19-10/h3-5,7H,1-2H3,(H,11,12,16)/t7-/m0/s1. The largest absolute Gasteiger partial charge is 0.309 e. The number of nitro groups is 1. The van der Waals surface area contributed by atoms with E-state index < -0.39 is 11.0 Å². The Morgan fingerprint density at radius 2 is 2.37 bits per heavy atom. The van der Waals surface area contributed by atoms with Crippen LogP contribution < -0.4 is 5.32 Å². The minimum Gasteiger partial charge on any atom is -0.300 e. The van der Waals surface area contributed by atoms with Gasteiger partial charge in [0, 0.05) is 11.6 Å². The second-order valence-electron chi connectivity index (χ2n) is 3.84. The average molecular weight is 281 g/mol. The number of aromatic nitrogens is 3. The number of nitrogens with one attached hydrogen (secondary N) is 1. The highest BCUT2D eigenvalue weighted by Gasteiger charge is 2.22. The maximum atomic E-state index is 11.9. The molecule has 1 amide bonds. The van der Waals surface area contributed by atoms with Crippen molar-refractivity contribution in [2.75, 3.05) is 5.32 Å². The summed E-state index contributed by atoms with van der Waals surface area (Å²) in [5, 5.41) is 19.5. The van der Waals surface area contributed by atoms with E-state index in [9.17, 15) is 14.9 Å². The number of hydrogen-bond acceptors (Lipinski definition) is 6. The number of anilines is 1. The molecule has 0 aliphatic carbocycles. The normalized spacial score (nSPS) is 12.1. The highest BCUT2D eigenvalue weighted by Crippen LogP contribution is 2.19. The first kappa shape index (κ1) is 13.1. The van der Waals surface area contributed by atoms with Crippen LogP contribution in [0.25, 0.3) is 0 Å². The van der Waals surface area contributed by atoms with Crippen molar-refractivity contribution in [3.63, 3.8) is 0 Å². The summed E-state index contributed by atoms with van der Waals surface area (Å²) in [5.74, 6) is -0.327. The van der Waals surface area contributed by atoms with Gasteiger partial charge in [0.05, 0.1) is 4.92 Å². The molecule has 1 N–H and O–H groups in total. The van der Waals surface area contributed by atoms with Gasteiger partial charge in [-0.25, -0.2) is 4.98 Å². The van der Waals surface area contributed by atoms with Crippen molar-refractivity contribution in [3.05, 3.63) is 33.6 Å². The SMILES string of the molecule is Cc1nn([C@@H](C)C(=O)Nc2nccs2)cc1[N+](=O)[O-]. The predicted octanol–water partition coefficient (Wildman–Crippen LogP) is 1.76. The molecule has 0 aliphatic rings. The van der Waals surface area contributed by atoms with E-state index in [0.717, 1.165) is 0 Å². The summed E-state index contributed by atoms with van der Waals surface area (Å²) in [6.45, 7) is 3.14. The minimum atomic E-state index is -0.656. The fraction of sp³-hybridized carbons (Fsp3) is 0.300. The Hall–Kier alpha value is -2.29. The summed E-state index contributed by atoms with van der Waals surface area (Å²) in [6, 6.07) is -0.656. The molecule has 0 aliphatic heterocycles. The molecule has 9 heteroatoms. The topological polar surface area (TPSA) is 103 Å². The van der Waals surface area contributed by atoms with E-state index in [1.807, 2.05) is 0 Å². The molecule has 2 aromatic heterocycles. The summed E-state index contributed by atoms with van der Waals surface area (Å²) < 4.78 is 1.27. The predicted molar refractivity (Wildman–Crippen MR) is 69.1 cm³/mol. The van der Waals surface area contributed by atoms with Crippen LogP contribution in [0, 0.1) is 17.0 Å². The van der Waals surface area contributed by atoms with Gasteiger partial charge < -0.3 is 5.32 Å². The van der Waals surface area contributed by atoms with Crippen LogP contribution in [-0.4, -0.2) is 25.6 Å². The molecule has 8 nitrogen and oxygen atoms in total. The second-order valence-corrected chi connectivity index (χ2v) is 4.73. The molecule has 1 atom stereocenters. The summed E-state index contributed by atoms with van der Waals surface area (Å²) in [4.78, 5) is 26.1. The van der Waals surface area contributed by atoms with Gasteiger partial charge in [0.15, 0.2) is 5.13 Å². The molecular weight excluding hydrogens is 270 g/mol. The van der Waals surface area contributed by atoms with Crippen LogP contribution in [0.4, 0.5) is 10.8 Å². The molecule has 0 spiro atoms. The van der Waals surface area contributed by atoms with Crippen molar-refractivity contribution in [1.82, 2.24) is 14.8 Å². The van der Waals surface area contributed by atoms with Crippen molar-refractivity contribution >= 4 is 28.1 Å². The zero-order valence-electron chi connectivity index (χ0n) is 10.2. The number of hydrogen-bond donors (Lipinski definition) is 1. The molecule has 0 bridgehead atoms. The quantitative estimate of drug-likeness (QED) is 0.679. The lowest BCUT2D eigenvalue weighted by atomic mass is 10.3. The number of carbonyl (C=O) groups is 1. The Balaban J connectivity index is 2.15. The molecule has 0 saturated heterocycles. The van der Waals surface area contributed by atoms with Gasteiger partial charge in [-0.2, -0.15) is 5.10 Å². The van der Waals surface area contributed by atoms with Gasteiger partial charge in [-0.05, 0) is 13.8 Å². The summed E-state index contributed by atoms with van der Waals surface area (Å²) in [7, 11) is 0. The van der Waals surface area contributed by atoms with Crippen LogP contribution in [0.3, 0.4) is 0 Å². The Labute approximate surface area is 112 Å². The first-order valence-corrected chi connectivity index (χ1v) is 6.27. The number of rotatable bonds is 4. The van der Waals surface area contributed by atoms with Crippen LogP contribution in [0.15, 0.2) is 17.8 Å². The highest BCUT2D eigenvalue weighted by atomic mass is 32.1. The van der Waals surface area contributed by atoms with Gasteiger partial charge in [0.2, 0.25) is 0 Å². The molecule has 0 aromatic carbocycles. The molecule has 0 unspecified atom stereocenters. The average Bonchev–Trinajstić information content (AvgIpc) is 2.97. The van der Waals surface area contributed by atoms with Gasteiger partial charge >= 0.3 is 5.69 Å². The fourth-order valence-electron chi connectivity index (χ4n) is 1.46. The van der Waals surface area contributed by atoms with Gasteiger partial charge in [0.1, 0.15) is 17.9 Å². The van der Waals surface area contributed by atoms with E-state index in [0.29, 0.717) is 5.13 Å². The molecule has 0 fully saturated rings. The molecule has 19 heavy (non-hydrogen) atoms. The van der Waals surface area contributed by atoms with Crippen LogP contribution >= 0.6 is 11.3 Å². The van der Waals surface area contributed by atoms with Gasteiger partial charge in [-0.1, -0.05) is 0 Å². The van der Waals surface area contributed by atoms with Crippen molar-refractivity contribution < 1.29 is 9.72 Å². The summed E-state index contributed by atoms with van der Waals surface area (Å²) >= 11 is 1.30. The van der Waals surface area contributed by atoms with Crippen LogP contribution in [0.5, 0.6) is 0 Å². The number of amides is 1. The lowest BCUT2D eigenvalue weighted by Gasteiger charge is -2.10. The zero-order valence-corrected chi connectivity index (χ0v) is 11.0. The smallest absolute Gasteiger partial charge is 0.300 e. The Kier molecular flexibility index (Phi) is 3.56. The Morgan fingerprint density at radius 1 is 1.63 bits per heavy atom. The van der Waals surface area contributed by atoms with Crippen molar-refractivity contribution in [2.45, 2.75) is 19.9 Å². The van der Waals surface area contributed by atoms with Crippen LogP contribution in [0.2, 0.25) is 0 Å². The van der Waals surface area contributed by atoms with E-state index >= 15 is 0 Å². The molecule has 100 valence electrons. The minimum absolute atomic E-state index is 0.103. The second kappa shape index (κ2) is 5.14. The fourth-order valence-corrected chi connectivity index (χ4v) is 2.00. The van der Waals surface area contributed by atoms with E-state index in [1.54, 1.807) is 18.5 Å². The molecule has 2 aromatic rings. The number of carbonyl (C=O) groups excluding carboxylic acids is 1. The van der Waals surface area contributed by atoms with E-state index in [2.05, 4.69) is 15.4 Å². The van der Waals surface area contributed by atoms with Crippen LogP contribution in [0.1, 0.15) is 18.7 Å². The summed E-state index contributed by atoms with van der Waals surface area (Å²) in [5.41, 5.74) is 0.174. The van der Waals surface area contributed by atoms with Gasteiger partial charge in [0.25, 0.3) is 5.91 Å². The monoisotopic (exact) mass is 281 g/mol. The lowest BCUT2D eigenvalue weighted by Crippen LogP contribution is -2.24. The lowest BCUT2D eigenvalue weighted by molar-refractivity contribution is -0.385. The van der Waals surface area contributed by atoms with Crippen molar-refractivity contribution in [3.8, 4) is 0 Å². The number of thiazole rings is 1. The molecular formula is C10H11N5O3S. The highest BCUT2D eigenvalue weighted by molar-refractivity contribution is 7.13. The Bertz CT molecular complexity index is 607. The first-order valence-electron chi connectivity index (χ1n) is 5.39. The first-order chi connectivity index (χ1) is 8.99. The van der Waals surface area contributed by atoms with Crippen LogP contribution in [-0.2, 0) is 4.79 Å². The molecule has 0 radical (unpaired) electrons. The molecule has 2 heterocycles. The third-order valence-electron chi connectivity index (χ3n) is 2.53. The number of aryl methyl sites for hydroxylation is 1. The molecule has 0 saturated carbocycles. The number of nitrogens with zero attached hydrogens (tertiary/aromatic N) is 4. The zero-order chi connectivity index (χ0) is 14.0. The van der Waals surface area contributed by atoms with Gasteiger partial charge in [-0.3, -0.25) is 19.6 Å². The molecule has 2 rings (SSSR count). The van der Waals surface area contributed by atoms with Crippen molar-refractivity contribution in [1.29, 1.82) is 0 Å². The third kappa shape index (κ3) is 2.76. The maximum absolute atomic E-state index is 11.9. The van der Waals surface area contributed by atoms with Crippen molar-refractivity contribution in [2.24, 2.45) is 0 Å². The maximum Gasteiger partial charge on any atom is 0.309 e. The van der Waals surface area contributed by atoms with E-state index in [4.69, 9.17) is 0 Å². The van der Waals surface area contributed by atoms with Gasteiger partial charge in [-0.15, -0.1) is 11.3 Å². The summed E-state index contributed by atoms with van der Waals surface area (Å²) in [6.07, 6.45) is 2.83. The third-order valence-corrected chi connectivity index (χ3v) is 3.21.